The van der Waals surface area contributed by atoms with Gasteiger partial charge in [0.05, 0.1) is 12.5 Å². The van der Waals surface area contributed by atoms with Crippen molar-refractivity contribution in [2.45, 2.75) is 19.8 Å². The van der Waals surface area contributed by atoms with Gasteiger partial charge in [-0.15, -0.1) is 0 Å². The molecule has 0 fully saturated rings. The summed E-state index contributed by atoms with van der Waals surface area (Å²) >= 11 is 0. The van der Waals surface area contributed by atoms with Crippen molar-refractivity contribution >= 4 is 27.8 Å². The molecule has 1 N–H and O–H groups in total. The summed E-state index contributed by atoms with van der Waals surface area (Å²) in [6, 6.07) is 0. The highest BCUT2D eigenvalue weighted by atomic mass is 35.7. The lowest BCUT2D eigenvalue weighted by atomic mass is 10.4. The van der Waals surface area contributed by atoms with Gasteiger partial charge in [0, 0.05) is 0 Å². The predicted octanol–water partition coefficient (Wildman–Crippen LogP) is 2.36. The molecule has 0 aliphatic rings. The van der Waals surface area contributed by atoms with Gasteiger partial charge in [0.1, 0.15) is 0 Å². The van der Waals surface area contributed by atoms with E-state index in [2.05, 4.69) is 5.32 Å². The largest absolute Gasteiger partial charge is 0.450 e. The minimum atomic E-state index is -0.397. The second-order valence-corrected chi connectivity index (χ2v) is 3.08. The number of carbonyl (C=O) groups is 1. The van der Waals surface area contributed by atoms with Gasteiger partial charge in [-0.05, 0) is 28.1 Å². The summed E-state index contributed by atoms with van der Waals surface area (Å²) in [5.41, 5.74) is 0. The Morgan fingerprint density at radius 2 is 2.45 bits per heavy atom. The molecule has 0 rings (SSSR count). The van der Waals surface area contributed by atoms with Crippen molar-refractivity contribution in [2.24, 2.45) is 0 Å². The topological polar surface area (TPSA) is 38.3 Å². The molecule has 0 saturated heterocycles. The summed E-state index contributed by atoms with van der Waals surface area (Å²) in [6.07, 6.45) is 1.53. The van der Waals surface area contributed by atoms with Crippen LogP contribution in [0, 0.1) is 0 Å². The van der Waals surface area contributed by atoms with Crippen LogP contribution in [0.25, 0.3) is 0 Å². The van der Waals surface area contributed by atoms with Gasteiger partial charge in [0.2, 0.25) is 0 Å². The van der Waals surface area contributed by atoms with Gasteiger partial charge in [-0.3, -0.25) is 0 Å². The zero-order valence-corrected chi connectivity index (χ0v) is 8.00. The molecule has 0 unspecified atom stereocenters. The standard InChI is InChI=1S/C6H12ClNO2S/c1-2-3-4-10-6(9)8-5-11-7/h2-5H2,1H3,(H,8,9). The monoisotopic (exact) mass is 197 g/mol. The first-order valence-corrected chi connectivity index (χ1v) is 5.26. The Morgan fingerprint density at radius 3 is 3.00 bits per heavy atom. The van der Waals surface area contributed by atoms with E-state index in [1.54, 1.807) is 0 Å². The van der Waals surface area contributed by atoms with Gasteiger partial charge in [-0.1, -0.05) is 13.3 Å². The Balaban J connectivity index is 3.09. The predicted molar refractivity (Wildman–Crippen MR) is 47.7 cm³/mol. The fourth-order valence-electron chi connectivity index (χ4n) is 0.446. The highest BCUT2D eigenvalue weighted by molar-refractivity contribution is 8.21. The van der Waals surface area contributed by atoms with Crippen LogP contribution in [0.2, 0.25) is 0 Å². The molecule has 0 aromatic carbocycles. The second-order valence-electron chi connectivity index (χ2n) is 1.92. The average molecular weight is 198 g/mol. The summed E-state index contributed by atoms with van der Waals surface area (Å²) < 4.78 is 4.76. The molecule has 0 saturated carbocycles. The fraction of sp³-hybridized carbons (Fsp3) is 0.833. The van der Waals surface area contributed by atoms with Crippen LogP contribution in [0.3, 0.4) is 0 Å². The molecule has 0 spiro atoms. The maximum Gasteiger partial charge on any atom is 0.407 e. The number of nitrogens with one attached hydrogen (secondary N) is 1. The zero-order chi connectivity index (χ0) is 8.53. The maximum atomic E-state index is 10.7. The summed E-state index contributed by atoms with van der Waals surface area (Å²) in [4.78, 5) is 10.7. The van der Waals surface area contributed by atoms with Crippen LogP contribution in [-0.4, -0.2) is 18.6 Å². The van der Waals surface area contributed by atoms with Crippen LogP contribution in [0.1, 0.15) is 19.8 Å². The fourth-order valence-corrected chi connectivity index (χ4v) is 0.783. The van der Waals surface area contributed by atoms with Crippen molar-refractivity contribution in [1.82, 2.24) is 5.32 Å². The lowest BCUT2D eigenvalue weighted by Gasteiger charge is -2.03. The van der Waals surface area contributed by atoms with E-state index in [-0.39, 0.29) is 0 Å². The lowest BCUT2D eigenvalue weighted by molar-refractivity contribution is 0.146. The van der Waals surface area contributed by atoms with Gasteiger partial charge < -0.3 is 10.1 Å². The molecule has 3 nitrogen and oxygen atoms in total. The Morgan fingerprint density at radius 1 is 1.73 bits per heavy atom. The smallest absolute Gasteiger partial charge is 0.407 e. The molecule has 0 aromatic heterocycles. The van der Waals surface area contributed by atoms with E-state index >= 15 is 0 Å². The molecule has 0 bridgehead atoms. The number of ether oxygens (including phenoxy) is 1. The van der Waals surface area contributed by atoms with E-state index in [1.807, 2.05) is 6.92 Å². The molecule has 0 aliphatic carbocycles. The molecule has 11 heavy (non-hydrogen) atoms. The summed E-state index contributed by atoms with van der Waals surface area (Å²) in [5, 5.41) is 2.46. The first-order valence-electron chi connectivity index (χ1n) is 3.45. The Labute approximate surface area is 75.3 Å². The molecule has 0 atom stereocenters. The minimum absolute atomic E-state index is 0.381. The molecule has 0 aliphatic heterocycles. The van der Waals surface area contributed by atoms with Crippen LogP contribution in [0.5, 0.6) is 0 Å². The SMILES string of the molecule is CCCCOC(=O)NCSCl. The molecule has 0 heterocycles. The number of hydrogen-bond acceptors (Lipinski definition) is 3. The number of carbonyl (C=O) groups excluding carboxylic acids is 1. The van der Waals surface area contributed by atoms with E-state index in [0.29, 0.717) is 12.5 Å². The van der Waals surface area contributed by atoms with Crippen molar-refractivity contribution in [3.63, 3.8) is 0 Å². The van der Waals surface area contributed by atoms with Crippen molar-refractivity contribution in [3.8, 4) is 0 Å². The van der Waals surface area contributed by atoms with Crippen LogP contribution in [0.4, 0.5) is 4.79 Å². The normalized spacial score (nSPS) is 9.27. The van der Waals surface area contributed by atoms with Crippen molar-refractivity contribution in [3.05, 3.63) is 0 Å². The van der Waals surface area contributed by atoms with Gasteiger partial charge in [-0.2, -0.15) is 0 Å². The third kappa shape index (κ3) is 7.81. The lowest BCUT2D eigenvalue weighted by Crippen LogP contribution is -2.23. The van der Waals surface area contributed by atoms with Gasteiger partial charge in [-0.25, -0.2) is 4.79 Å². The Kier molecular flexibility index (Phi) is 7.95. The molecular formula is C6H12ClNO2S. The molecule has 0 aromatic rings. The molecular weight excluding hydrogens is 186 g/mol. The number of unbranched alkanes of at least 4 members (excludes halogenated alkanes) is 1. The molecule has 5 heteroatoms. The highest BCUT2D eigenvalue weighted by Gasteiger charge is 1.98. The van der Waals surface area contributed by atoms with E-state index in [4.69, 9.17) is 15.4 Å². The zero-order valence-electron chi connectivity index (χ0n) is 6.43. The highest BCUT2D eigenvalue weighted by Crippen LogP contribution is 2.01. The first kappa shape index (κ1) is 10.9. The average Bonchev–Trinajstić information content (AvgIpc) is 2.01. The minimum Gasteiger partial charge on any atom is -0.450 e. The number of halogens is 1. The van der Waals surface area contributed by atoms with Crippen LogP contribution < -0.4 is 5.32 Å². The molecule has 66 valence electrons. The van der Waals surface area contributed by atoms with Gasteiger partial charge in [0.25, 0.3) is 0 Å². The quantitative estimate of drug-likeness (QED) is 0.543. The third-order valence-corrected chi connectivity index (χ3v) is 1.58. The van der Waals surface area contributed by atoms with Crippen LogP contribution >= 0.6 is 21.7 Å². The molecule has 0 radical (unpaired) electrons. The third-order valence-electron chi connectivity index (χ3n) is 1.00. The maximum absolute atomic E-state index is 10.7. The van der Waals surface area contributed by atoms with Gasteiger partial charge in [0.15, 0.2) is 0 Å². The van der Waals surface area contributed by atoms with Gasteiger partial charge >= 0.3 is 6.09 Å². The summed E-state index contributed by atoms with van der Waals surface area (Å²) in [6.45, 7) is 2.52. The van der Waals surface area contributed by atoms with E-state index in [1.165, 1.54) is 0 Å². The van der Waals surface area contributed by atoms with E-state index in [0.717, 1.165) is 23.8 Å². The molecule has 1 amide bonds. The number of amides is 1. The Hall–Kier alpha value is -0.0900. The summed E-state index contributed by atoms with van der Waals surface area (Å²) in [5.74, 6) is 0.381. The van der Waals surface area contributed by atoms with E-state index in [9.17, 15) is 4.79 Å². The first-order chi connectivity index (χ1) is 5.31. The van der Waals surface area contributed by atoms with Crippen LogP contribution in [0.15, 0.2) is 0 Å². The van der Waals surface area contributed by atoms with Crippen LogP contribution in [-0.2, 0) is 4.74 Å². The van der Waals surface area contributed by atoms with Crippen molar-refractivity contribution < 1.29 is 9.53 Å². The number of alkyl carbamates (subject to hydrolysis) is 1. The number of hydrogen-bond donors (Lipinski definition) is 1. The van der Waals surface area contributed by atoms with E-state index < -0.39 is 6.09 Å². The second kappa shape index (κ2) is 8.01. The van der Waals surface area contributed by atoms with Crippen molar-refractivity contribution in [2.75, 3.05) is 12.5 Å². The number of rotatable bonds is 5. The van der Waals surface area contributed by atoms with Crippen molar-refractivity contribution in [1.29, 1.82) is 0 Å². The summed E-state index contributed by atoms with van der Waals surface area (Å²) in [7, 11) is 6.28. The Bertz CT molecular complexity index is 113.